The Morgan fingerprint density at radius 1 is 1.26 bits per heavy atom. The van der Waals surface area contributed by atoms with E-state index in [4.69, 9.17) is 0 Å². The van der Waals surface area contributed by atoms with E-state index < -0.39 is 0 Å². The first-order valence-electron chi connectivity index (χ1n) is 6.13. The third-order valence-electron chi connectivity index (χ3n) is 3.05. The smallest absolute Gasteiger partial charge is 0.101 e. The van der Waals surface area contributed by atoms with Crippen molar-refractivity contribution in [3.8, 4) is 0 Å². The lowest BCUT2D eigenvalue weighted by molar-refractivity contribution is 1.10. The fraction of sp³-hybridized carbons (Fsp3) is 0.188. The van der Waals surface area contributed by atoms with Crippen LogP contribution in [0.15, 0.2) is 43.1 Å². The number of aromatic nitrogens is 1. The summed E-state index contributed by atoms with van der Waals surface area (Å²) >= 11 is 2.24. The molecular weight excluding hydrogens is 347 g/mol. The molecule has 3 heteroatoms. The van der Waals surface area contributed by atoms with Gasteiger partial charge in [-0.1, -0.05) is 18.7 Å². The molecule has 0 unspecified atom stereocenters. The Kier molecular flexibility index (Phi) is 4.58. The van der Waals surface area contributed by atoms with Gasteiger partial charge in [-0.15, -0.1) is 0 Å². The Bertz CT molecular complexity index is 591. The van der Waals surface area contributed by atoms with Crippen LogP contribution in [-0.4, -0.2) is 19.1 Å². The standard InChI is InChI=1S/C16H17IN2/c1-4-13-5-6-15(19(2)3)11-14(13)9-12-7-8-18-16(17)10-12/h4-8,10-11H,1,9H2,2-3H3. The van der Waals surface area contributed by atoms with Crippen molar-refractivity contribution in [1.29, 1.82) is 0 Å². The SMILES string of the molecule is C=Cc1ccc(N(C)C)cc1Cc1ccnc(I)c1. The van der Waals surface area contributed by atoms with Crippen molar-refractivity contribution in [2.45, 2.75) is 6.42 Å². The average molecular weight is 364 g/mol. The molecule has 0 saturated heterocycles. The number of halogens is 1. The third kappa shape index (κ3) is 3.56. The van der Waals surface area contributed by atoms with Crippen LogP contribution in [0, 0.1) is 3.70 Å². The van der Waals surface area contributed by atoms with E-state index in [9.17, 15) is 0 Å². The van der Waals surface area contributed by atoms with Crippen molar-refractivity contribution < 1.29 is 0 Å². The highest BCUT2D eigenvalue weighted by Crippen LogP contribution is 2.22. The van der Waals surface area contributed by atoms with Crippen molar-refractivity contribution in [3.63, 3.8) is 0 Å². The second-order valence-corrected chi connectivity index (χ2v) is 5.75. The minimum Gasteiger partial charge on any atom is -0.378 e. The molecule has 0 spiro atoms. The summed E-state index contributed by atoms with van der Waals surface area (Å²) in [6, 6.07) is 10.7. The lowest BCUT2D eigenvalue weighted by atomic mass is 9.99. The minimum absolute atomic E-state index is 0.904. The number of anilines is 1. The maximum absolute atomic E-state index is 4.23. The molecule has 2 nitrogen and oxygen atoms in total. The average Bonchev–Trinajstić information content (AvgIpc) is 2.38. The molecule has 0 bridgehead atoms. The van der Waals surface area contributed by atoms with Gasteiger partial charge in [0.25, 0.3) is 0 Å². The van der Waals surface area contributed by atoms with E-state index in [1.165, 1.54) is 22.4 Å². The summed E-state index contributed by atoms with van der Waals surface area (Å²) in [6.45, 7) is 3.90. The van der Waals surface area contributed by atoms with Crippen LogP contribution in [0.1, 0.15) is 16.7 Å². The summed E-state index contributed by atoms with van der Waals surface area (Å²) < 4.78 is 1.03. The Hall–Kier alpha value is -1.36. The van der Waals surface area contributed by atoms with Crippen LogP contribution in [0.4, 0.5) is 5.69 Å². The Labute approximate surface area is 128 Å². The fourth-order valence-corrected chi connectivity index (χ4v) is 2.56. The molecule has 0 amide bonds. The highest BCUT2D eigenvalue weighted by atomic mass is 127. The number of pyridine rings is 1. The molecule has 0 fully saturated rings. The van der Waals surface area contributed by atoms with Gasteiger partial charge < -0.3 is 4.90 Å². The van der Waals surface area contributed by atoms with Gasteiger partial charge in [0.15, 0.2) is 0 Å². The molecule has 0 aliphatic rings. The van der Waals surface area contributed by atoms with E-state index in [0.29, 0.717) is 0 Å². The van der Waals surface area contributed by atoms with Crippen LogP contribution < -0.4 is 4.90 Å². The van der Waals surface area contributed by atoms with Crippen LogP contribution in [0.3, 0.4) is 0 Å². The Morgan fingerprint density at radius 2 is 2.05 bits per heavy atom. The van der Waals surface area contributed by atoms with Crippen LogP contribution in [-0.2, 0) is 6.42 Å². The summed E-state index contributed by atoms with van der Waals surface area (Å²) in [4.78, 5) is 6.35. The van der Waals surface area contributed by atoms with Crippen LogP contribution >= 0.6 is 22.6 Å². The molecule has 0 N–H and O–H groups in total. The van der Waals surface area contributed by atoms with Crippen LogP contribution in [0.25, 0.3) is 6.08 Å². The molecule has 98 valence electrons. The summed E-state index contributed by atoms with van der Waals surface area (Å²) in [6.07, 6.45) is 4.68. The second-order valence-electron chi connectivity index (χ2n) is 4.65. The number of hydrogen-bond donors (Lipinski definition) is 0. The van der Waals surface area contributed by atoms with E-state index in [2.05, 4.69) is 83.5 Å². The molecule has 0 atom stereocenters. The zero-order valence-electron chi connectivity index (χ0n) is 11.2. The Balaban J connectivity index is 2.37. The van der Waals surface area contributed by atoms with E-state index in [1.54, 1.807) is 0 Å². The van der Waals surface area contributed by atoms with E-state index in [1.807, 2.05) is 12.3 Å². The van der Waals surface area contributed by atoms with Gasteiger partial charge in [-0.3, -0.25) is 4.98 Å². The topological polar surface area (TPSA) is 16.1 Å². The molecule has 1 heterocycles. The summed E-state index contributed by atoms with van der Waals surface area (Å²) in [5.41, 5.74) is 4.98. The van der Waals surface area contributed by atoms with Gasteiger partial charge in [-0.25, -0.2) is 0 Å². The zero-order chi connectivity index (χ0) is 13.8. The van der Waals surface area contributed by atoms with Gasteiger partial charge in [-0.2, -0.15) is 0 Å². The van der Waals surface area contributed by atoms with Crippen molar-refractivity contribution >= 4 is 34.4 Å². The highest BCUT2D eigenvalue weighted by Gasteiger charge is 2.05. The van der Waals surface area contributed by atoms with E-state index >= 15 is 0 Å². The van der Waals surface area contributed by atoms with Gasteiger partial charge in [0, 0.05) is 26.0 Å². The van der Waals surface area contributed by atoms with Gasteiger partial charge >= 0.3 is 0 Å². The summed E-state index contributed by atoms with van der Waals surface area (Å²) in [7, 11) is 4.12. The van der Waals surface area contributed by atoms with Gasteiger partial charge in [0.05, 0.1) is 0 Å². The Morgan fingerprint density at radius 3 is 2.68 bits per heavy atom. The summed E-state index contributed by atoms with van der Waals surface area (Å²) in [5, 5.41) is 0. The maximum atomic E-state index is 4.23. The van der Waals surface area contributed by atoms with Crippen molar-refractivity contribution in [2.75, 3.05) is 19.0 Å². The van der Waals surface area contributed by atoms with Gasteiger partial charge in [-0.05, 0) is 70.0 Å². The lowest BCUT2D eigenvalue weighted by Crippen LogP contribution is -2.09. The van der Waals surface area contributed by atoms with Crippen molar-refractivity contribution in [3.05, 3.63) is 63.5 Å². The van der Waals surface area contributed by atoms with Crippen molar-refractivity contribution in [2.24, 2.45) is 0 Å². The van der Waals surface area contributed by atoms with Gasteiger partial charge in [0.1, 0.15) is 3.70 Å². The molecule has 2 rings (SSSR count). The van der Waals surface area contributed by atoms with E-state index in [-0.39, 0.29) is 0 Å². The first kappa shape index (κ1) is 14.1. The normalized spacial score (nSPS) is 10.3. The van der Waals surface area contributed by atoms with Crippen molar-refractivity contribution in [1.82, 2.24) is 4.98 Å². The lowest BCUT2D eigenvalue weighted by Gasteiger charge is -2.15. The predicted octanol–water partition coefficient (Wildman–Crippen LogP) is 3.99. The monoisotopic (exact) mass is 364 g/mol. The molecule has 0 radical (unpaired) electrons. The first-order valence-corrected chi connectivity index (χ1v) is 7.21. The fourth-order valence-electron chi connectivity index (χ4n) is 1.99. The molecule has 1 aromatic carbocycles. The molecular formula is C16H17IN2. The van der Waals surface area contributed by atoms with Crippen LogP contribution in [0.2, 0.25) is 0 Å². The second kappa shape index (κ2) is 6.19. The third-order valence-corrected chi connectivity index (χ3v) is 3.64. The number of benzene rings is 1. The number of rotatable bonds is 4. The summed E-state index contributed by atoms with van der Waals surface area (Å²) in [5.74, 6) is 0. The number of hydrogen-bond acceptors (Lipinski definition) is 2. The molecule has 1 aromatic heterocycles. The minimum atomic E-state index is 0.904. The maximum Gasteiger partial charge on any atom is 0.101 e. The predicted molar refractivity (Wildman–Crippen MR) is 90.6 cm³/mol. The molecule has 0 aliphatic heterocycles. The molecule has 0 saturated carbocycles. The molecule has 2 aromatic rings. The highest BCUT2D eigenvalue weighted by molar-refractivity contribution is 14.1. The van der Waals surface area contributed by atoms with Gasteiger partial charge in [0.2, 0.25) is 0 Å². The first-order chi connectivity index (χ1) is 9.10. The quantitative estimate of drug-likeness (QED) is 0.603. The molecule has 19 heavy (non-hydrogen) atoms. The van der Waals surface area contributed by atoms with Crippen LogP contribution in [0.5, 0.6) is 0 Å². The largest absolute Gasteiger partial charge is 0.378 e. The number of nitrogens with zero attached hydrogens (tertiary/aromatic N) is 2. The van der Waals surface area contributed by atoms with E-state index in [0.717, 1.165) is 10.1 Å². The molecule has 0 aliphatic carbocycles. The zero-order valence-corrected chi connectivity index (χ0v) is 13.4.